The number of hydrogen-bond acceptors (Lipinski definition) is 1. The number of benzene rings is 2. The molecule has 2 aromatic rings. The van der Waals surface area contributed by atoms with Crippen LogP contribution in [0.1, 0.15) is 34.8 Å². The van der Waals surface area contributed by atoms with Crippen LogP contribution in [0.25, 0.3) is 0 Å². The third-order valence-electron chi connectivity index (χ3n) is 4.46. The summed E-state index contributed by atoms with van der Waals surface area (Å²) >= 11 is 0. The van der Waals surface area contributed by atoms with Gasteiger partial charge in [0.25, 0.3) is 0 Å². The van der Waals surface area contributed by atoms with Gasteiger partial charge in [0, 0.05) is 5.56 Å². The molecule has 0 aromatic heterocycles. The van der Waals surface area contributed by atoms with Gasteiger partial charge in [-0.25, -0.2) is 0 Å². The van der Waals surface area contributed by atoms with Crippen molar-refractivity contribution in [2.45, 2.75) is 45.8 Å². The molecule has 0 N–H and O–H groups in total. The quantitative estimate of drug-likeness (QED) is 0.556. The normalized spacial score (nSPS) is 11.5. The predicted molar refractivity (Wildman–Crippen MR) is 97.9 cm³/mol. The molecule has 116 valence electrons. The van der Waals surface area contributed by atoms with Gasteiger partial charge in [0.1, 0.15) is 0 Å². The van der Waals surface area contributed by atoms with E-state index in [1.807, 2.05) is 12.1 Å². The van der Waals surface area contributed by atoms with Gasteiger partial charge >= 0.3 is 0 Å². The van der Waals surface area contributed by atoms with Crippen LogP contribution in [0.4, 0.5) is 0 Å². The van der Waals surface area contributed by atoms with Crippen molar-refractivity contribution >= 4 is 19.0 Å². The van der Waals surface area contributed by atoms with E-state index in [1.165, 1.54) is 28.8 Å². The second-order valence-electron chi connectivity index (χ2n) is 6.86. The first-order valence-electron chi connectivity index (χ1n) is 8.05. The van der Waals surface area contributed by atoms with Gasteiger partial charge < -0.3 is 0 Å². The monoisotopic (exact) mass is 310 g/mol. The van der Waals surface area contributed by atoms with E-state index >= 15 is 0 Å². The van der Waals surface area contributed by atoms with Gasteiger partial charge in [0.05, 0.1) is 8.07 Å². The minimum absolute atomic E-state index is 0.144. The maximum Gasteiger partial charge on any atom is 0.159 e. The van der Waals surface area contributed by atoms with Crippen molar-refractivity contribution in [3.63, 3.8) is 0 Å². The Labute approximate surface area is 135 Å². The number of aryl methyl sites for hydroxylation is 2. The molecule has 0 saturated carbocycles. The third kappa shape index (κ3) is 4.41. The Morgan fingerprint density at radius 1 is 0.955 bits per heavy atom. The summed E-state index contributed by atoms with van der Waals surface area (Å²) in [5, 5.41) is 1.45. The van der Waals surface area contributed by atoms with E-state index in [9.17, 15) is 4.79 Å². The van der Waals surface area contributed by atoms with Crippen LogP contribution in [-0.4, -0.2) is 13.9 Å². The zero-order valence-corrected chi connectivity index (χ0v) is 15.1. The first-order chi connectivity index (χ1) is 10.4. The van der Waals surface area contributed by atoms with Crippen LogP contribution in [0.15, 0.2) is 48.5 Å². The van der Waals surface area contributed by atoms with Gasteiger partial charge in [-0.3, -0.25) is 4.79 Å². The topological polar surface area (TPSA) is 17.1 Å². The molecular weight excluding hydrogens is 284 g/mol. The molecule has 0 spiro atoms. The lowest BCUT2D eigenvalue weighted by Crippen LogP contribution is -2.41. The Hall–Kier alpha value is -1.67. The van der Waals surface area contributed by atoms with E-state index in [4.69, 9.17) is 0 Å². The van der Waals surface area contributed by atoms with Crippen molar-refractivity contribution in [2.75, 3.05) is 0 Å². The summed E-state index contributed by atoms with van der Waals surface area (Å²) in [4.78, 5) is 11.4. The van der Waals surface area contributed by atoms with Crippen LogP contribution in [0.2, 0.25) is 19.1 Å². The van der Waals surface area contributed by atoms with Crippen LogP contribution >= 0.6 is 0 Å². The molecule has 0 saturated heterocycles. The van der Waals surface area contributed by atoms with E-state index in [2.05, 4.69) is 56.4 Å². The summed E-state index contributed by atoms with van der Waals surface area (Å²) in [6.45, 7) is 8.60. The summed E-state index contributed by atoms with van der Waals surface area (Å²) in [6, 6.07) is 18.4. The number of ketones is 1. The molecular formula is C20H26OSi. The fraction of sp³-hybridized carbons (Fsp3) is 0.350. The molecule has 0 aliphatic carbocycles. The molecule has 0 aliphatic heterocycles. The second-order valence-corrected chi connectivity index (χ2v) is 11.7. The van der Waals surface area contributed by atoms with E-state index in [0.29, 0.717) is 0 Å². The maximum absolute atomic E-state index is 11.4. The van der Waals surface area contributed by atoms with Crippen LogP contribution in [-0.2, 0) is 6.42 Å². The molecule has 2 aromatic carbocycles. The minimum Gasteiger partial charge on any atom is -0.295 e. The maximum atomic E-state index is 11.4. The average molecular weight is 311 g/mol. The summed E-state index contributed by atoms with van der Waals surface area (Å²) in [6.07, 6.45) is 2.39. The van der Waals surface area contributed by atoms with E-state index in [1.54, 1.807) is 6.92 Å². The van der Waals surface area contributed by atoms with Crippen LogP contribution < -0.4 is 5.19 Å². The number of carbonyl (C=O) groups excluding carboxylic acids is 1. The van der Waals surface area contributed by atoms with Crippen molar-refractivity contribution in [2.24, 2.45) is 0 Å². The number of Topliss-reactive ketones (excluding diaryl/α,β-unsaturated/α-hetero) is 1. The smallest absolute Gasteiger partial charge is 0.159 e. The minimum atomic E-state index is -1.41. The first kappa shape index (κ1) is 16.7. The van der Waals surface area contributed by atoms with Gasteiger partial charge in [0.2, 0.25) is 0 Å². The fourth-order valence-corrected chi connectivity index (χ4v) is 5.21. The van der Waals surface area contributed by atoms with E-state index in [-0.39, 0.29) is 5.78 Å². The molecule has 2 heteroatoms. The molecule has 1 nitrogen and oxygen atoms in total. The lowest BCUT2D eigenvalue weighted by atomic mass is 10.1. The highest BCUT2D eigenvalue weighted by atomic mass is 28.3. The summed E-state index contributed by atoms with van der Waals surface area (Å²) in [5.41, 5.74) is 3.57. The lowest BCUT2D eigenvalue weighted by Gasteiger charge is -2.23. The van der Waals surface area contributed by atoms with Gasteiger partial charge in [-0.1, -0.05) is 84.8 Å². The van der Waals surface area contributed by atoms with Crippen molar-refractivity contribution in [3.05, 3.63) is 65.2 Å². The molecule has 2 rings (SSSR count). The standard InChI is InChI=1S/C20H26OSi/c1-16-7-9-18(10-8-16)6-5-15-22(3,4)20-13-11-19(12-14-20)17(2)21/h7-14H,5-6,15H2,1-4H3. The highest BCUT2D eigenvalue weighted by molar-refractivity contribution is 6.89. The fourth-order valence-electron chi connectivity index (χ4n) is 2.79. The Morgan fingerprint density at radius 2 is 1.55 bits per heavy atom. The van der Waals surface area contributed by atoms with E-state index in [0.717, 1.165) is 12.0 Å². The largest absolute Gasteiger partial charge is 0.295 e. The van der Waals surface area contributed by atoms with Crippen LogP contribution in [0.5, 0.6) is 0 Å². The molecule has 0 heterocycles. The molecule has 0 radical (unpaired) electrons. The Kier molecular flexibility index (Phi) is 5.36. The van der Waals surface area contributed by atoms with Gasteiger partial charge in [0.15, 0.2) is 5.78 Å². The molecule has 0 bridgehead atoms. The van der Waals surface area contributed by atoms with Crippen molar-refractivity contribution < 1.29 is 4.79 Å². The SMILES string of the molecule is CC(=O)c1ccc([Si](C)(C)CCCc2ccc(C)cc2)cc1. The number of rotatable bonds is 6. The molecule has 0 unspecified atom stereocenters. The van der Waals surface area contributed by atoms with Crippen molar-refractivity contribution in [1.29, 1.82) is 0 Å². The summed E-state index contributed by atoms with van der Waals surface area (Å²) in [5.74, 6) is 0.144. The van der Waals surface area contributed by atoms with Gasteiger partial charge in [-0.05, 0) is 25.8 Å². The predicted octanol–water partition coefficient (Wildman–Crippen LogP) is 4.75. The highest BCUT2D eigenvalue weighted by Gasteiger charge is 2.22. The van der Waals surface area contributed by atoms with Gasteiger partial charge in [-0.2, -0.15) is 0 Å². The second kappa shape index (κ2) is 7.06. The van der Waals surface area contributed by atoms with Crippen LogP contribution in [0, 0.1) is 6.92 Å². The Morgan fingerprint density at radius 3 is 2.09 bits per heavy atom. The lowest BCUT2D eigenvalue weighted by molar-refractivity contribution is 0.101. The summed E-state index contributed by atoms with van der Waals surface area (Å²) in [7, 11) is -1.41. The third-order valence-corrected chi connectivity index (χ3v) is 7.96. The molecule has 0 amide bonds. The van der Waals surface area contributed by atoms with Crippen LogP contribution in [0.3, 0.4) is 0 Å². The average Bonchev–Trinajstić information content (AvgIpc) is 2.49. The molecule has 22 heavy (non-hydrogen) atoms. The van der Waals surface area contributed by atoms with E-state index < -0.39 is 8.07 Å². The van der Waals surface area contributed by atoms with Crippen molar-refractivity contribution in [3.8, 4) is 0 Å². The molecule has 0 atom stereocenters. The van der Waals surface area contributed by atoms with Gasteiger partial charge in [-0.15, -0.1) is 0 Å². The number of carbonyl (C=O) groups is 1. The van der Waals surface area contributed by atoms with Crippen molar-refractivity contribution in [1.82, 2.24) is 0 Å². The Balaban J connectivity index is 1.95. The zero-order valence-electron chi connectivity index (χ0n) is 14.1. The zero-order chi connectivity index (χ0) is 16.2. The summed E-state index contributed by atoms with van der Waals surface area (Å²) < 4.78 is 0. The highest BCUT2D eigenvalue weighted by Crippen LogP contribution is 2.16. The molecule has 0 fully saturated rings. The first-order valence-corrected chi connectivity index (χ1v) is 11.3. The molecule has 0 aliphatic rings. The Bertz CT molecular complexity index is 624. The number of hydrogen-bond donors (Lipinski definition) is 0.